The monoisotopic (exact) mass is 389 g/mol. The molecule has 0 bridgehead atoms. The highest BCUT2D eigenvalue weighted by atomic mass is 35.5. The maximum atomic E-state index is 12.7. The Hall–Kier alpha value is -0.970. The normalized spacial score (nSPS) is 16.6. The quantitative estimate of drug-likeness (QED) is 0.765. The van der Waals surface area contributed by atoms with Crippen molar-refractivity contribution < 1.29 is 4.79 Å². The van der Waals surface area contributed by atoms with Gasteiger partial charge in [0.25, 0.3) is 5.91 Å². The molecule has 25 heavy (non-hydrogen) atoms. The second kappa shape index (κ2) is 12.4. The van der Waals surface area contributed by atoms with Crippen molar-refractivity contribution in [1.29, 1.82) is 0 Å². The van der Waals surface area contributed by atoms with Crippen LogP contribution in [0.1, 0.15) is 49.9 Å². The summed E-state index contributed by atoms with van der Waals surface area (Å²) >= 11 is 0. The molecule has 4 nitrogen and oxygen atoms in total. The van der Waals surface area contributed by atoms with Gasteiger partial charge in [-0.1, -0.05) is 13.3 Å². The minimum Gasteiger partial charge on any atom is -0.372 e. The van der Waals surface area contributed by atoms with Crippen molar-refractivity contribution in [3.63, 3.8) is 0 Å². The number of nitrogens with one attached hydrogen (secondary N) is 1. The molecule has 1 fully saturated rings. The second-order valence-corrected chi connectivity index (χ2v) is 6.36. The molecule has 1 saturated heterocycles. The first-order chi connectivity index (χ1) is 11.2. The van der Waals surface area contributed by atoms with Gasteiger partial charge < -0.3 is 15.1 Å². The van der Waals surface area contributed by atoms with Crippen molar-refractivity contribution in [2.75, 3.05) is 38.1 Å². The molecule has 0 aliphatic carbocycles. The van der Waals surface area contributed by atoms with Gasteiger partial charge in [-0.15, -0.1) is 24.8 Å². The summed E-state index contributed by atoms with van der Waals surface area (Å²) in [5.74, 6) is 0.160. The van der Waals surface area contributed by atoms with E-state index in [0.29, 0.717) is 6.04 Å². The number of carbonyl (C=O) groups excluding carboxylic acids is 1. The first-order valence-electron chi connectivity index (χ1n) is 9.01. The summed E-state index contributed by atoms with van der Waals surface area (Å²) in [6.45, 7) is 8.16. The summed E-state index contributed by atoms with van der Waals surface area (Å²) in [5.41, 5.74) is 2.02. The van der Waals surface area contributed by atoms with E-state index in [0.717, 1.165) is 44.6 Å². The molecule has 1 amide bonds. The molecule has 1 aromatic rings. The molecule has 6 heteroatoms. The maximum Gasteiger partial charge on any atom is 0.253 e. The number of likely N-dealkylation sites (tertiary alicyclic amines) is 1. The van der Waals surface area contributed by atoms with Gasteiger partial charge in [0.15, 0.2) is 0 Å². The van der Waals surface area contributed by atoms with E-state index in [4.69, 9.17) is 0 Å². The van der Waals surface area contributed by atoms with Crippen LogP contribution in [0.5, 0.6) is 0 Å². The number of amides is 1. The van der Waals surface area contributed by atoms with Crippen LogP contribution >= 0.6 is 24.8 Å². The van der Waals surface area contributed by atoms with E-state index in [2.05, 4.69) is 36.2 Å². The van der Waals surface area contributed by atoms with Gasteiger partial charge in [-0.25, -0.2) is 0 Å². The van der Waals surface area contributed by atoms with E-state index in [9.17, 15) is 4.79 Å². The lowest BCUT2D eigenvalue weighted by Crippen LogP contribution is -2.46. The minimum atomic E-state index is 0. The molecule has 1 N–H and O–H groups in total. The third-order valence-electron chi connectivity index (χ3n) is 4.76. The van der Waals surface area contributed by atoms with Gasteiger partial charge in [0.1, 0.15) is 0 Å². The van der Waals surface area contributed by atoms with Crippen LogP contribution in [-0.2, 0) is 0 Å². The molecule has 0 radical (unpaired) electrons. The van der Waals surface area contributed by atoms with Gasteiger partial charge in [0.05, 0.1) is 0 Å². The smallest absolute Gasteiger partial charge is 0.253 e. The predicted octanol–water partition coefficient (Wildman–Crippen LogP) is 3.98. The van der Waals surface area contributed by atoms with Crippen LogP contribution in [0.25, 0.3) is 0 Å². The molecule has 1 unspecified atom stereocenters. The average molecular weight is 390 g/mol. The highest BCUT2D eigenvalue weighted by molar-refractivity contribution is 5.94. The first-order valence-corrected chi connectivity index (χ1v) is 9.01. The molecule has 0 spiro atoms. The molecule has 1 aliphatic rings. The third kappa shape index (κ3) is 6.69. The van der Waals surface area contributed by atoms with Crippen LogP contribution in [0.2, 0.25) is 0 Å². The van der Waals surface area contributed by atoms with Crippen LogP contribution in [0.4, 0.5) is 5.69 Å². The molecule has 144 valence electrons. The number of nitrogens with zero attached hydrogens (tertiary/aromatic N) is 2. The first kappa shape index (κ1) is 24.0. The topological polar surface area (TPSA) is 35.6 Å². The number of hydrogen-bond acceptors (Lipinski definition) is 3. The Kier molecular flexibility index (Phi) is 11.9. The Bertz CT molecular complexity index is 496. The van der Waals surface area contributed by atoms with Gasteiger partial charge in [0, 0.05) is 43.5 Å². The highest BCUT2D eigenvalue weighted by Crippen LogP contribution is 2.18. The fourth-order valence-corrected chi connectivity index (χ4v) is 3.21. The Morgan fingerprint density at radius 1 is 1.24 bits per heavy atom. The largest absolute Gasteiger partial charge is 0.372 e. The van der Waals surface area contributed by atoms with E-state index in [-0.39, 0.29) is 30.7 Å². The molecule has 1 heterocycles. The fraction of sp³-hybridized carbons (Fsp3) is 0.632. The zero-order valence-corrected chi connectivity index (χ0v) is 17.3. The summed E-state index contributed by atoms with van der Waals surface area (Å²) in [4.78, 5) is 17.0. The summed E-state index contributed by atoms with van der Waals surface area (Å²) in [7, 11) is 1.98. The van der Waals surface area contributed by atoms with Gasteiger partial charge in [0.2, 0.25) is 0 Å². The predicted molar refractivity (Wildman–Crippen MR) is 112 cm³/mol. The molecule has 0 aromatic heterocycles. The van der Waals surface area contributed by atoms with E-state index in [1.54, 1.807) is 0 Å². The Balaban J connectivity index is 0.00000288. The lowest BCUT2D eigenvalue weighted by Gasteiger charge is -2.32. The van der Waals surface area contributed by atoms with Crippen molar-refractivity contribution >= 4 is 36.4 Å². The van der Waals surface area contributed by atoms with Crippen molar-refractivity contribution in [2.24, 2.45) is 0 Å². The lowest BCUT2D eigenvalue weighted by molar-refractivity contribution is 0.0698. The molecule has 2 rings (SSSR count). The molecular formula is C19H33Cl2N3O. The zero-order valence-electron chi connectivity index (χ0n) is 15.7. The van der Waals surface area contributed by atoms with Gasteiger partial charge in [-0.05, 0) is 57.5 Å². The Labute approximate surface area is 165 Å². The average Bonchev–Trinajstić information content (AvgIpc) is 2.62. The fourth-order valence-electron chi connectivity index (χ4n) is 3.21. The second-order valence-electron chi connectivity index (χ2n) is 6.36. The number of likely N-dealkylation sites (N-methyl/N-ethyl adjacent to an activating group) is 1. The molecule has 1 aliphatic heterocycles. The number of benzene rings is 1. The van der Waals surface area contributed by atoms with E-state index in [1.807, 2.05) is 24.1 Å². The zero-order chi connectivity index (χ0) is 16.7. The van der Waals surface area contributed by atoms with Crippen LogP contribution in [0.3, 0.4) is 0 Å². The summed E-state index contributed by atoms with van der Waals surface area (Å²) in [6, 6.07) is 8.57. The summed E-state index contributed by atoms with van der Waals surface area (Å²) in [5, 5.41) is 3.29. The molecular weight excluding hydrogens is 357 g/mol. The SMILES string of the molecule is CCCCN(CC)c1ccc(C(=O)N2CCCC(NC)C2)cc1.Cl.Cl. The number of hydrogen-bond donors (Lipinski definition) is 1. The van der Waals surface area contributed by atoms with Crippen LogP contribution in [-0.4, -0.2) is 50.1 Å². The molecule has 1 aromatic carbocycles. The molecule has 1 atom stereocenters. The highest BCUT2D eigenvalue weighted by Gasteiger charge is 2.23. The lowest BCUT2D eigenvalue weighted by atomic mass is 10.0. The standard InChI is InChI=1S/C19H31N3O.2ClH/c1-4-6-13-21(5-2)18-11-9-16(10-12-18)19(23)22-14-7-8-17(15-22)20-3;;/h9-12,17,20H,4-8,13-15H2,1-3H3;2*1H. The molecule has 0 saturated carbocycles. The minimum absolute atomic E-state index is 0. The van der Waals surface area contributed by atoms with Crippen molar-refractivity contribution in [3.8, 4) is 0 Å². The number of piperidine rings is 1. The van der Waals surface area contributed by atoms with E-state index < -0.39 is 0 Å². The van der Waals surface area contributed by atoms with Crippen molar-refractivity contribution in [2.45, 2.75) is 45.6 Å². The van der Waals surface area contributed by atoms with Crippen LogP contribution in [0, 0.1) is 0 Å². The van der Waals surface area contributed by atoms with Gasteiger partial charge >= 0.3 is 0 Å². The Morgan fingerprint density at radius 3 is 2.48 bits per heavy atom. The van der Waals surface area contributed by atoms with Crippen molar-refractivity contribution in [3.05, 3.63) is 29.8 Å². The van der Waals surface area contributed by atoms with Crippen molar-refractivity contribution in [1.82, 2.24) is 10.2 Å². The van der Waals surface area contributed by atoms with Crippen LogP contribution < -0.4 is 10.2 Å². The van der Waals surface area contributed by atoms with Gasteiger partial charge in [-0.2, -0.15) is 0 Å². The maximum absolute atomic E-state index is 12.7. The number of carbonyl (C=O) groups is 1. The number of halogens is 2. The van der Waals surface area contributed by atoms with E-state index in [1.165, 1.54) is 18.5 Å². The summed E-state index contributed by atoms with van der Waals surface area (Å²) in [6.07, 6.45) is 4.64. The number of rotatable bonds is 7. The Morgan fingerprint density at radius 2 is 1.92 bits per heavy atom. The van der Waals surface area contributed by atoms with Crippen LogP contribution in [0.15, 0.2) is 24.3 Å². The third-order valence-corrected chi connectivity index (χ3v) is 4.76. The number of anilines is 1. The van der Waals surface area contributed by atoms with E-state index >= 15 is 0 Å². The summed E-state index contributed by atoms with van der Waals surface area (Å²) < 4.78 is 0. The number of unbranched alkanes of at least 4 members (excludes halogenated alkanes) is 1. The van der Waals surface area contributed by atoms with Gasteiger partial charge in [-0.3, -0.25) is 4.79 Å².